The zero-order valence-electron chi connectivity index (χ0n) is 20.6. The molecular formula is C31H35N3O. The third-order valence-corrected chi connectivity index (χ3v) is 8.76. The molecule has 4 aliphatic rings. The maximum Gasteiger partial charge on any atom is 0.219 e. The average Bonchev–Trinajstić information content (AvgIpc) is 3.17. The molecule has 0 spiro atoms. The molecule has 2 aromatic rings. The van der Waals surface area contributed by atoms with E-state index in [1.54, 1.807) is 6.92 Å². The molecule has 2 atom stereocenters. The van der Waals surface area contributed by atoms with Crippen molar-refractivity contribution in [2.75, 3.05) is 13.1 Å². The van der Waals surface area contributed by atoms with E-state index in [0.717, 1.165) is 57.3 Å². The lowest BCUT2D eigenvalue weighted by atomic mass is 9.67. The van der Waals surface area contributed by atoms with Crippen molar-refractivity contribution >= 4 is 27.9 Å². The number of hydrogen-bond donors (Lipinski definition) is 2. The zero-order chi connectivity index (χ0) is 23.9. The molecule has 2 aliphatic carbocycles. The van der Waals surface area contributed by atoms with Gasteiger partial charge in [0, 0.05) is 43.5 Å². The van der Waals surface area contributed by atoms with Crippen molar-refractivity contribution in [3.8, 4) is 0 Å². The Bertz CT molecular complexity index is 1290. The van der Waals surface area contributed by atoms with Crippen molar-refractivity contribution in [3.63, 3.8) is 0 Å². The van der Waals surface area contributed by atoms with Crippen molar-refractivity contribution in [1.82, 2.24) is 10.2 Å². The normalized spacial score (nSPS) is 24.5. The summed E-state index contributed by atoms with van der Waals surface area (Å²) in [5, 5.41) is 6.12. The largest absolute Gasteiger partial charge is 0.361 e. The number of aryl methyl sites for hydroxylation is 1. The maximum atomic E-state index is 11.8. The van der Waals surface area contributed by atoms with E-state index < -0.39 is 0 Å². The fourth-order valence-electron chi connectivity index (χ4n) is 6.92. The summed E-state index contributed by atoms with van der Waals surface area (Å²) in [4.78, 5) is 13.8. The molecule has 4 nitrogen and oxygen atoms in total. The molecule has 0 saturated carbocycles. The van der Waals surface area contributed by atoms with Gasteiger partial charge in [0.25, 0.3) is 0 Å². The fraction of sp³-hybridized carbons (Fsp3) is 0.387. The van der Waals surface area contributed by atoms with Gasteiger partial charge in [-0.25, -0.2) is 0 Å². The van der Waals surface area contributed by atoms with Gasteiger partial charge in [-0.15, -0.1) is 0 Å². The smallest absolute Gasteiger partial charge is 0.219 e. The molecule has 2 unspecified atom stereocenters. The number of amides is 1. The average molecular weight is 466 g/mol. The number of hydrogen-bond acceptors (Lipinski definition) is 3. The minimum absolute atomic E-state index is 0.170. The Morgan fingerprint density at radius 2 is 1.83 bits per heavy atom. The molecule has 4 heteroatoms. The third kappa shape index (κ3) is 4.04. The van der Waals surface area contributed by atoms with Crippen LogP contribution in [0.2, 0.25) is 0 Å². The Labute approximate surface area is 208 Å². The second-order valence-corrected chi connectivity index (χ2v) is 10.6. The van der Waals surface area contributed by atoms with Crippen molar-refractivity contribution in [2.24, 2.45) is 17.6 Å². The van der Waals surface area contributed by atoms with Gasteiger partial charge in [0.15, 0.2) is 0 Å². The van der Waals surface area contributed by atoms with Gasteiger partial charge in [-0.2, -0.15) is 0 Å². The van der Waals surface area contributed by atoms with E-state index in [0.29, 0.717) is 11.8 Å². The van der Waals surface area contributed by atoms with Crippen molar-refractivity contribution in [3.05, 3.63) is 83.1 Å². The number of carbonyl (C=O) groups is 1. The predicted octanol–water partition coefficient (Wildman–Crippen LogP) is 5.55. The molecular weight excluding hydrogens is 430 g/mol. The number of nitrogens with one attached hydrogen (secondary N) is 1. The van der Waals surface area contributed by atoms with Crippen LogP contribution < -0.4 is 11.1 Å². The Kier molecular flexibility index (Phi) is 5.85. The van der Waals surface area contributed by atoms with E-state index in [-0.39, 0.29) is 11.9 Å². The summed E-state index contributed by atoms with van der Waals surface area (Å²) in [6, 6.07) is 11.6. The number of allylic oxidation sites excluding steroid dienone is 5. The van der Waals surface area contributed by atoms with Gasteiger partial charge in [-0.1, -0.05) is 42.5 Å². The van der Waals surface area contributed by atoms with Crippen molar-refractivity contribution < 1.29 is 4.79 Å². The monoisotopic (exact) mass is 465 g/mol. The Morgan fingerprint density at radius 1 is 0.971 bits per heavy atom. The molecule has 3 N–H and O–H groups in total. The van der Waals surface area contributed by atoms with Crippen molar-refractivity contribution in [2.45, 2.75) is 51.5 Å². The fourth-order valence-corrected chi connectivity index (χ4v) is 6.92. The van der Waals surface area contributed by atoms with Gasteiger partial charge in [-0.05, 0) is 95.6 Å². The lowest BCUT2D eigenvalue weighted by Crippen LogP contribution is -2.41. The number of nitrogens with zero attached hydrogens (tertiary/aromatic N) is 1. The molecule has 2 heterocycles. The quantitative estimate of drug-likeness (QED) is 0.611. The van der Waals surface area contributed by atoms with Crippen LogP contribution in [-0.2, 0) is 11.2 Å². The number of likely N-dealkylation sites (tertiary alicyclic amines) is 1. The Morgan fingerprint density at radius 3 is 2.66 bits per heavy atom. The summed E-state index contributed by atoms with van der Waals surface area (Å²) in [7, 11) is 0. The van der Waals surface area contributed by atoms with Crippen LogP contribution in [0.4, 0.5) is 0 Å². The minimum atomic E-state index is 0.170. The first-order valence-corrected chi connectivity index (χ1v) is 13.2. The predicted molar refractivity (Wildman–Crippen MR) is 144 cm³/mol. The molecule has 1 fully saturated rings. The first kappa shape index (κ1) is 22.4. The van der Waals surface area contributed by atoms with Gasteiger partial charge in [0.2, 0.25) is 5.91 Å². The molecule has 1 amide bonds. The first-order valence-electron chi connectivity index (χ1n) is 13.2. The highest BCUT2D eigenvalue weighted by Gasteiger charge is 2.36. The van der Waals surface area contributed by atoms with E-state index in [2.05, 4.69) is 47.8 Å². The van der Waals surface area contributed by atoms with Crippen LogP contribution in [0, 0.1) is 11.8 Å². The van der Waals surface area contributed by atoms with Gasteiger partial charge >= 0.3 is 0 Å². The van der Waals surface area contributed by atoms with Gasteiger partial charge < -0.3 is 16.0 Å². The molecule has 2 aromatic carbocycles. The number of rotatable bonds is 2. The van der Waals surface area contributed by atoms with E-state index in [9.17, 15) is 4.79 Å². The summed E-state index contributed by atoms with van der Waals surface area (Å²) in [6.07, 6.45) is 16.9. The molecule has 0 radical (unpaired) electrons. The molecule has 6 rings (SSSR count). The van der Waals surface area contributed by atoms with Gasteiger partial charge in [-0.3, -0.25) is 4.79 Å². The highest BCUT2D eigenvalue weighted by atomic mass is 16.2. The number of benzene rings is 2. The van der Waals surface area contributed by atoms with Crippen LogP contribution in [0.25, 0.3) is 22.0 Å². The summed E-state index contributed by atoms with van der Waals surface area (Å²) < 4.78 is 0. The standard InChI is InChI=1S/C31H35N3O/c1-20(35)34-16-13-21(14-17-34)22-18-29-26-10-9-25-23(24(26)11-12-27(29)30(32)19-22)6-5-7-28(25)31-8-3-2-4-15-33-31/h2-10,15,21-22,30,33H,11-14,16-19,32H2,1H3. The van der Waals surface area contributed by atoms with Gasteiger partial charge in [0.05, 0.1) is 0 Å². The van der Waals surface area contributed by atoms with E-state index in [1.807, 2.05) is 23.3 Å². The molecule has 2 aliphatic heterocycles. The zero-order valence-corrected chi connectivity index (χ0v) is 20.6. The van der Waals surface area contributed by atoms with Crippen LogP contribution >= 0.6 is 0 Å². The number of carbonyl (C=O) groups excluding carboxylic acids is 1. The van der Waals surface area contributed by atoms with Gasteiger partial charge in [0.1, 0.15) is 0 Å². The van der Waals surface area contributed by atoms with Crippen LogP contribution in [0.3, 0.4) is 0 Å². The summed E-state index contributed by atoms with van der Waals surface area (Å²) in [5.41, 5.74) is 15.1. The highest BCUT2D eigenvalue weighted by molar-refractivity contribution is 5.99. The Balaban J connectivity index is 1.34. The summed E-state index contributed by atoms with van der Waals surface area (Å²) in [6.45, 7) is 3.49. The van der Waals surface area contributed by atoms with Crippen LogP contribution in [-0.4, -0.2) is 29.9 Å². The van der Waals surface area contributed by atoms with E-state index in [4.69, 9.17) is 5.73 Å². The second-order valence-electron chi connectivity index (χ2n) is 10.6. The molecule has 35 heavy (non-hydrogen) atoms. The third-order valence-electron chi connectivity index (χ3n) is 8.76. The maximum absolute atomic E-state index is 11.8. The van der Waals surface area contributed by atoms with Crippen LogP contribution in [0.5, 0.6) is 0 Å². The number of nitrogens with two attached hydrogens (primary N) is 1. The minimum Gasteiger partial charge on any atom is -0.361 e. The Hall–Kier alpha value is -3.11. The first-order chi connectivity index (χ1) is 17.1. The molecule has 1 saturated heterocycles. The number of piperidine rings is 1. The van der Waals surface area contributed by atoms with E-state index >= 15 is 0 Å². The number of fused-ring (bicyclic) bond motifs is 4. The molecule has 180 valence electrons. The highest BCUT2D eigenvalue weighted by Crippen LogP contribution is 2.47. The lowest BCUT2D eigenvalue weighted by Gasteiger charge is -2.42. The summed E-state index contributed by atoms with van der Waals surface area (Å²) in [5.74, 6) is 1.49. The molecule has 0 bridgehead atoms. The van der Waals surface area contributed by atoms with Crippen LogP contribution in [0.15, 0.2) is 66.4 Å². The summed E-state index contributed by atoms with van der Waals surface area (Å²) >= 11 is 0. The SMILES string of the molecule is CC(=O)N1CCC(C2CC3=C(CCc4c3ccc3c(C5=CC=CC=CN5)cccc43)C(N)C2)CC1. The van der Waals surface area contributed by atoms with Crippen LogP contribution in [0.1, 0.15) is 55.7 Å². The van der Waals surface area contributed by atoms with Crippen molar-refractivity contribution in [1.29, 1.82) is 0 Å². The van der Waals surface area contributed by atoms with E-state index in [1.165, 1.54) is 38.6 Å². The second kappa shape index (κ2) is 9.16. The molecule has 0 aromatic heterocycles. The lowest BCUT2D eigenvalue weighted by molar-refractivity contribution is -0.130. The topological polar surface area (TPSA) is 58.4 Å².